The maximum Gasteiger partial charge on any atom is 0.160 e. The predicted molar refractivity (Wildman–Crippen MR) is 91.6 cm³/mol. The highest BCUT2D eigenvalue weighted by molar-refractivity contribution is 5.41. The second-order valence-corrected chi connectivity index (χ2v) is 5.76. The van der Waals surface area contributed by atoms with Gasteiger partial charge in [-0.15, -0.1) is 0 Å². The first-order valence-corrected chi connectivity index (χ1v) is 8.19. The Hall–Kier alpha value is -1.96. The van der Waals surface area contributed by atoms with Gasteiger partial charge in [0.25, 0.3) is 0 Å². The van der Waals surface area contributed by atoms with Crippen molar-refractivity contribution in [1.82, 2.24) is 0 Å². The summed E-state index contributed by atoms with van der Waals surface area (Å²) in [7, 11) is 1.59. The summed E-state index contributed by atoms with van der Waals surface area (Å²) in [4.78, 5) is 0. The molecule has 2 heteroatoms. The summed E-state index contributed by atoms with van der Waals surface area (Å²) in [5.41, 5.74) is 2.68. The number of ether oxygens (including phenoxy) is 1. The molecule has 0 aliphatic heterocycles. The first-order valence-electron chi connectivity index (χ1n) is 8.19. The van der Waals surface area contributed by atoms with Gasteiger partial charge in [-0.3, -0.25) is 0 Å². The molecule has 0 aromatic heterocycles. The first-order chi connectivity index (χ1) is 10.8. The van der Waals surface area contributed by atoms with Crippen LogP contribution < -0.4 is 4.74 Å². The molecule has 0 radical (unpaired) electrons. The fourth-order valence-corrected chi connectivity index (χ4v) is 2.71. The standard InChI is InChI=1S/C20H26O2/c1-22-20-16-18(14-15-19(20)21)13-7-4-2-3-6-10-17-11-8-5-9-12-17/h5,8-9,11-12,14-16,21H,2-4,6-7,10,13H2,1H3. The van der Waals surface area contributed by atoms with Crippen molar-refractivity contribution < 1.29 is 9.84 Å². The Morgan fingerprint density at radius 1 is 0.773 bits per heavy atom. The van der Waals surface area contributed by atoms with Crippen LogP contribution in [0.1, 0.15) is 43.2 Å². The van der Waals surface area contributed by atoms with Crippen LogP contribution in [-0.2, 0) is 12.8 Å². The van der Waals surface area contributed by atoms with Gasteiger partial charge in [0.15, 0.2) is 11.5 Å². The van der Waals surface area contributed by atoms with E-state index in [4.69, 9.17) is 4.74 Å². The number of rotatable bonds is 9. The minimum absolute atomic E-state index is 0.215. The van der Waals surface area contributed by atoms with Crippen LogP contribution in [0.25, 0.3) is 0 Å². The van der Waals surface area contributed by atoms with Gasteiger partial charge < -0.3 is 9.84 Å². The van der Waals surface area contributed by atoms with Crippen LogP contribution in [0.5, 0.6) is 11.5 Å². The minimum atomic E-state index is 0.215. The fraction of sp³-hybridized carbons (Fsp3) is 0.400. The van der Waals surface area contributed by atoms with E-state index in [-0.39, 0.29) is 5.75 Å². The van der Waals surface area contributed by atoms with E-state index in [9.17, 15) is 5.11 Å². The third kappa shape index (κ3) is 5.44. The Labute approximate surface area is 133 Å². The van der Waals surface area contributed by atoms with E-state index in [1.807, 2.05) is 12.1 Å². The molecule has 2 aromatic carbocycles. The van der Waals surface area contributed by atoms with Gasteiger partial charge in [0.05, 0.1) is 7.11 Å². The predicted octanol–water partition coefficient (Wildman–Crippen LogP) is 5.14. The fourth-order valence-electron chi connectivity index (χ4n) is 2.71. The summed E-state index contributed by atoms with van der Waals surface area (Å²) in [5, 5.41) is 9.57. The molecule has 0 atom stereocenters. The number of phenols is 1. The monoisotopic (exact) mass is 298 g/mol. The van der Waals surface area contributed by atoms with E-state index in [0.29, 0.717) is 5.75 Å². The molecule has 0 saturated carbocycles. The lowest BCUT2D eigenvalue weighted by molar-refractivity contribution is 0.373. The van der Waals surface area contributed by atoms with Crippen molar-refractivity contribution in [2.45, 2.75) is 44.9 Å². The third-order valence-electron chi connectivity index (χ3n) is 4.02. The molecule has 0 bridgehead atoms. The topological polar surface area (TPSA) is 29.5 Å². The normalized spacial score (nSPS) is 10.6. The summed E-state index contributed by atoms with van der Waals surface area (Å²) in [6.45, 7) is 0. The number of aryl methyl sites for hydroxylation is 2. The van der Waals surface area contributed by atoms with E-state index >= 15 is 0 Å². The van der Waals surface area contributed by atoms with Crippen molar-refractivity contribution in [2.75, 3.05) is 7.11 Å². The molecule has 0 aliphatic rings. The van der Waals surface area contributed by atoms with Gasteiger partial charge in [-0.2, -0.15) is 0 Å². The number of hydrogen-bond donors (Lipinski definition) is 1. The molecule has 2 rings (SSSR count). The van der Waals surface area contributed by atoms with Gasteiger partial charge >= 0.3 is 0 Å². The van der Waals surface area contributed by atoms with Crippen LogP contribution >= 0.6 is 0 Å². The van der Waals surface area contributed by atoms with Crippen molar-refractivity contribution >= 4 is 0 Å². The molecular formula is C20H26O2. The molecule has 2 nitrogen and oxygen atoms in total. The smallest absolute Gasteiger partial charge is 0.160 e. The summed E-state index contributed by atoms with van der Waals surface area (Å²) >= 11 is 0. The van der Waals surface area contributed by atoms with Gasteiger partial charge in [0.2, 0.25) is 0 Å². The van der Waals surface area contributed by atoms with Crippen LogP contribution in [0.15, 0.2) is 48.5 Å². The van der Waals surface area contributed by atoms with Crippen molar-refractivity contribution in [3.63, 3.8) is 0 Å². The summed E-state index contributed by atoms with van der Waals surface area (Å²) in [5.74, 6) is 0.785. The molecule has 1 N–H and O–H groups in total. The zero-order valence-electron chi connectivity index (χ0n) is 13.4. The average Bonchev–Trinajstić information content (AvgIpc) is 2.56. The maximum absolute atomic E-state index is 9.57. The zero-order valence-corrected chi connectivity index (χ0v) is 13.4. The van der Waals surface area contributed by atoms with E-state index in [2.05, 4.69) is 30.3 Å². The second-order valence-electron chi connectivity index (χ2n) is 5.76. The molecule has 22 heavy (non-hydrogen) atoms. The Balaban J connectivity index is 1.57. The van der Waals surface area contributed by atoms with E-state index in [0.717, 1.165) is 6.42 Å². The van der Waals surface area contributed by atoms with E-state index < -0.39 is 0 Å². The van der Waals surface area contributed by atoms with Gasteiger partial charge in [0, 0.05) is 0 Å². The highest BCUT2D eigenvalue weighted by atomic mass is 16.5. The Kier molecular flexibility index (Phi) is 6.82. The van der Waals surface area contributed by atoms with Crippen molar-refractivity contribution in [3.8, 4) is 11.5 Å². The van der Waals surface area contributed by atoms with Crippen LogP contribution in [-0.4, -0.2) is 12.2 Å². The van der Waals surface area contributed by atoms with Crippen molar-refractivity contribution in [1.29, 1.82) is 0 Å². The minimum Gasteiger partial charge on any atom is -0.504 e. The third-order valence-corrected chi connectivity index (χ3v) is 4.02. The second kappa shape index (κ2) is 9.14. The molecule has 0 fully saturated rings. The lowest BCUT2D eigenvalue weighted by atomic mass is 10.0. The summed E-state index contributed by atoms with van der Waals surface area (Å²) in [6, 6.07) is 16.3. The van der Waals surface area contributed by atoms with Crippen LogP contribution in [0, 0.1) is 0 Å². The highest BCUT2D eigenvalue weighted by Crippen LogP contribution is 2.27. The van der Waals surface area contributed by atoms with Gasteiger partial charge in [-0.1, -0.05) is 55.7 Å². The Morgan fingerprint density at radius 3 is 2.09 bits per heavy atom. The number of methoxy groups -OCH3 is 1. The van der Waals surface area contributed by atoms with Crippen molar-refractivity contribution in [3.05, 3.63) is 59.7 Å². The SMILES string of the molecule is COc1cc(CCCCCCCc2ccccc2)ccc1O. The highest BCUT2D eigenvalue weighted by Gasteiger charge is 2.02. The number of aromatic hydroxyl groups is 1. The number of phenolic OH excluding ortho intramolecular Hbond substituents is 1. The number of unbranched alkanes of at least 4 members (excludes halogenated alkanes) is 4. The molecule has 0 unspecified atom stereocenters. The molecule has 2 aromatic rings. The van der Waals surface area contributed by atoms with Crippen molar-refractivity contribution in [2.24, 2.45) is 0 Å². The zero-order chi connectivity index (χ0) is 15.6. The molecule has 0 spiro atoms. The lowest BCUT2D eigenvalue weighted by Gasteiger charge is -2.07. The summed E-state index contributed by atoms with van der Waals surface area (Å²) in [6.07, 6.45) is 8.56. The Morgan fingerprint density at radius 2 is 1.41 bits per heavy atom. The maximum atomic E-state index is 9.57. The van der Waals surface area contributed by atoms with E-state index in [1.54, 1.807) is 13.2 Å². The van der Waals surface area contributed by atoms with Gasteiger partial charge in [-0.05, 0) is 48.9 Å². The largest absolute Gasteiger partial charge is 0.504 e. The molecular weight excluding hydrogens is 272 g/mol. The average molecular weight is 298 g/mol. The molecule has 0 heterocycles. The van der Waals surface area contributed by atoms with Gasteiger partial charge in [-0.25, -0.2) is 0 Å². The quantitative estimate of drug-likeness (QED) is 0.650. The molecule has 0 aliphatic carbocycles. The van der Waals surface area contributed by atoms with E-state index in [1.165, 1.54) is 49.7 Å². The molecule has 0 saturated heterocycles. The van der Waals surface area contributed by atoms with Gasteiger partial charge in [0.1, 0.15) is 0 Å². The Bertz CT molecular complexity index is 549. The number of hydrogen-bond acceptors (Lipinski definition) is 2. The van der Waals surface area contributed by atoms with Crippen LogP contribution in [0.2, 0.25) is 0 Å². The molecule has 0 amide bonds. The number of benzene rings is 2. The summed E-state index contributed by atoms with van der Waals surface area (Å²) < 4.78 is 5.14. The lowest BCUT2D eigenvalue weighted by Crippen LogP contribution is -1.90. The first kappa shape index (κ1) is 16.4. The van der Waals surface area contributed by atoms with Crippen LogP contribution in [0.4, 0.5) is 0 Å². The van der Waals surface area contributed by atoms with Crippen LogP contribution in [0.3, 0.4) is 0 Å². The molecule has 118 valence electrons.